The van der Waals surface area contributed by atoms with E-state index < -0.39 is 16.0 Å². The van der Waals surface area contributed by atoms with Crippen molar-refractivity contribution in [1.29, 1.82) is 0 Å². The lowest BCUT2D eigenvalue weighted by molar-refractivity contribution is -0.143. The number of carbonyl (C=O) groups excluding carboxylic acids is 2. The lowest BCUT2D eigenvalue weighted by atomic mass is 9.75. The van der Waals surface area contributed by atoms with E-state index in [9.17, 15) is 22.6 Å². The molecule has 1 aromatic rings. The van der Waals surface area contributed by atoms with Crippen LogP contribution in [0.4, 0.5) is 0 Å². The molecule has 1 N–H and O–H groups in total. The van der Waals surface area contributed by atoms with Gasteiger partial charge in [-0.05, 0) is 48.4 Å². The van der Waals surface area contributed by atoms with E-state index in [2.05, 4.69) is 4.74 Å². The van der Waals surface area contributed by atoms with E-state index in [1.165, 1.54) is 32.4 Å². The van der Waals surface area contributed by atoms with Gasteiger partial charge in [0.1, 0.15) is 0 Å². The van der Waals surface area contributed by atoms with Crippen LogP contribution in [0.15, 0.2) is 23.1 Å². The van der Waals surface area contributed by atoms with Crippen molar-refractivity contribution in [2.24, 2.45) is 0 Å². The third-order valence-corrected chi connectivity index (χ3v) is 5.24. The summed E-state index contributed by atoms with van der Waals surface area (Å²) in [6.45, 7) is 0. The first-order chi connectivity index (χ1) is 11.3. The van der Waals surface area contributed by atoms with E-state index in [-0.39, 0.29) is 29.2 Å². The number of esters is 2. The highest BCUT2D eigenvalue weighted by Crippen LogP contribution is 2.42. The Morgan fingerprint density at radius 3 is 2.46 bits per heavy atom. The van der Waals surface area contributed by atoms with Crippen molar-refractivity contribution in [3.05, 3.63) is 29.3 Å². The summed E-state index contributed by atoms with van der Waals surface area (Å²) in [7, 11) is -1.74. The largest absolute Gasteiger partial charge is 0.469 e. The highest BCUT2D eigenvalue weighted by atomic mass is 32.2. The molecule has 0 aliphatic heterocycles. The summed E-state index contributed by atoms with van der Waals surface area (Å²) < 4.78 is 41.5. The second-order valence-corrected chi connectivity index (χ2v) is 7.15. The zero-order chi connectivity index (χ0) is 17.9. The number of carbonyl (C=O) groups is 2. The van der Waals surface area contributed by atoms with E-state index in [1.54, 1.807) is 0 Å². The average Bonchev–Trinajstić information content (AvgIpc) is 2.57. The van der Waals surface area contributed by atoms with E-state index >= 15 is 0 Å². The van der Waals surface area contributed by atoms with Gasteiger partial charge in [0.2, 0.25) is 0 Å². The van der Waals surface area contributed by atoms with Gasteiger partial charge in [0.25, 0.3) is 10.1 Å². The molecule has 7 nitrogen and oxygen atoms in total. The SMILES string of the molecule is COC(=O)CCC1CCC(C(=O)OC)c2ccc(S(=O)(=O)O)cc21. The number of methoxy groups -OCH3 is 2. The first-order valence-corrected chi connectivity index (χ1v) is 8.98. The number of rotatable bonds is 5. The van der Waals surface area contributed by atoms with Gasteiger partial charge in [-0.1, -0.05) is 6.07 Å². The lowest BCUT2D eigenvalue weighted by Crippen LogP contribution is -2.23. The van der Waals surface area contributed by atoms with Crippen molar-refractivity contribution in [3.63, 3.8) is 0 Å². The quantitative estimate of drug-likeness (QED) is 0.635. The Morgan fingerprint density at radius 1 is 1.17 bits per heavy atom. The Hall–Kier alpha value is -1.93. The van der Waals surface area contributed by atoms with Crippen LogP contribution in [0.25, 0.3) is 0 Å². The maximum atomic E-state index is 12.0. The van der Waals surface area contributed by atoms with Gasteiger partial charge in [-0.25, -0.2) is 0 Å². The zero-order valence-corrected chi connectivity index (χ0v) is 14.3. The van der Waals surface area contributed by atoms with Gasteiger partial charge in [0.15, 0.2) is 0 Å². The van der Waals surface area contributed by atoms with Gasteiger partial charge in [-0.15, -0.1) is 0 Å². The smallest absolute Gasteiger partial charge is 0.313 e. The fraction of sp³-hybridized carbons (Fsp3) is 0.500. The van der Waals surface area contributed by atoms with Crippen LogP contribution in [0.1, 0.15) is 48.6 Å². The molecule has 0 saturated carbocycles. The molecule has 1 aromatic carbocycles. The third-order valence-electron chi connectivity index (χ3n) is 4.39. The Morgan fingerprint density at radius 2 is 1.88 bits per heavy atom. The summed E-state index contributed by atoms with van der Waals surface area (Å²) in [5, 5.41) is 0. The molecule has 0 radical (unpaired) electrons. The first-order valence-electron chi connectivity index (χ1n) is 7.54. The maximum Gasteiger partial charge on any atom is 0.313 e. The highest BCUT2D eigenvalue weighted by Gasteiger charge is 2.33. The normalized spacial score (nSPS) is 20.1. The summed E-state index contributed by atoms with van der Waals surface area (Å²) in [4.78, 5) is 23.1. The van der Waals surface area contributed by atoms with Crippen LogP contribution in [0.3, 0.4) is 0 Å². The third kappa shape index (κ3) is 3.93. The zero-order valence-electron chi connectivity index (χ0n) is 13.5. The van der Waals surface area contributed by atoms with Crippen molar-refractivity contribution >= 4 is 22.1 Å². The van der Waals surface area contributed by atoms with Crippen LogP contribution in [0.5, 0.6) is 0 Å². The molecule has 1 aliphatic rings. The van der Waals surface area contributed by atoms with E-state index in [4.69, 9.17) is 4.74 Å². The standard InChI is InChI=1S/C16H20O7S/c1-22-15(17)8-4-10-3-6-13(16(18)23-2)12-7-5-11(9-14(10)12)24(19,20)21/h5,7,9-10,13H,3-4,6,8H2,1-2H3,(H,19,20,21). The molecule has 2 atom stereocenters. The van der Waals surface area contributed by atoms with Gasteiger partial charge in [-0.2, -0.15) is 8.42 Å². The van der Waals surface area contributed by atoms with Crippen LogP contribution in [0, 0.1) is 0 Å². The number of hydrogen-bond donors (Lipinski definition) is 1. The molecule has 0 saturated heterocycles. The highest BCUT2D eigenvalue weighted by molar-refractivity contribution is 7.85. The minimum Gasteiger partial charge on any atom is -0.469 e. The predicted molar refractivity (Wildman–Crippen MR) is 84.2 cm³/mol. The number of benzene rings is 1. The summed E-state index contributed by atoms with van der Waals surface area (Å²) in [5.41, 5.74) is 1.33. The monoisotopic (exact) mass is 356 g/mol. The molecule has 0 aromatic heterocycles. The minimum atomic E-state index is -4.35. The molecule has 0 bridgehead atoms. The predicted octanol–water partition coefficient (Wildman–Crippen LogP) is 2.02. The fourth-order valence-corrected chi connectivity index (χ4v) is 3.66. The Labute approximate surface area is 140 Å². The van der Waals surface area contributed by atoms with Crippen molar-refractivity contribution in [3.8, 4) is 0 Å². The molecule has 8 heteroatoms. The van der Waals surface area contributed by atoms with Crippen LogP contribution >= 0.6 is 0 Å². The number of ether oxygens (including phenoxy) is 2. The Kier molecular flexibility index (Phi) is 5.61. The molecule has 0 fully saturated rings. The molecule has 2 rings (SSSR count). The van der Waals surface area contributed by atoms with Crippen molar-refractivity contribution < 1.29 is 32.0 Å². The molecule has 1 aliphatic carbocycles. The second-order valence-electron chi connectivity index (χ2n) is 5.73. The summed E-state index contributed by atoms with van der Waals surface area (Å²) in [6, 6.07) is 4.18. The second kappa shape index (κ2) is 7.31. The van der Waals surface area contributed by atoms with Crippen molar-refractivity contribution in [1.82, 2.24) is 0 Å². The number of hydrogen-bond acceptors (Lipinski definition) is 6. The van der Waals surface area contributed by atoms with Gasteiger partial charge in [0, 0.05) is 6.42 Å². The number of fused-ring (bicyclic) bond motifs is 1. The van der Waals surface area contributed by atoms with Crippen molar-refractivity contribution in [2.75, 3.05) is 14.2 Å². The lowest BCUT2D eigenvalue weighted by Gasteiger charge is -2.30. The van der Waals surface area contributed by atoms with Crippen molar-refractivity contribution in [2.45, 2.75) is 42.4 Å². The molecule has 2 unspecified atom stereocenters. The van der Waals surface area contributed by atoms with Crippen LogP contribution in [-0.2, 0) is 29.2 Å². The Balaban J connectivity index is 2.41. The van der Waals surface area contributed by atoms with E-state index in [1.807, 2.05) is 0 Å². The van der Waals surface area contributed by atoms with Gasteiger partial charge >= 0.3 is 11.9 Å². The van der Waals surface area contributed by atoms with E-state index in [0.29, 0.717) is 30.4 Å². The molecule has 0 amide bonds. The molecular formula is C16H20O7S. The van der Waals surface area contributed by atoms with E-state index in [0.717, 1.165) is 0 Å². The van der Waals surface area contributed by atoms with Crippen LogP contribution in [-0.4, -0.2) is 39.1 Å². The summed E-state index contributed by atoms with van der Waals surface area (Å²) in [6.07, 6.45) is 1.83. The molecular weight excluding hydrogens is 336 g/mol. The summed E-state index contributed by atoms with van der Waals surface area (Å²) in [5.74, 6) is -1.31. The van der Waals surface area contributed by atoms with Crippen LogP contribution < -0.4 is 0 Å². The Bertz CT molecular complexity index is 739. The molecule has 0 heterocycles. The maximum absolute atomic E-state index is 12.0. The van der Waals surface area contributed by atoms with Gasteiger partial charge in [-0.3, -0.25) is 14.1 Å². The molecule has 132 valence electrons. The van der Waals surface area contributed by atoms with Gasteiger partial charge in [0.05, 0.1) is 25.0 Å². The molecule has 0 spiro atoms. The average molecular weight is 356 g/mol. The summed E-state index contributed by atoms with van der Waals surface area (Å²) >= 11 is 0. The minimum absolute atomic E-state index is 0.0956. The van der Waals surface area contributed by atoms with Gasteiger partial charge < -0.3 is 9.47 Å². The topological polar surface area (TPSA) is 107 Å². The molecule has 24 heavy (non-hydrogen) atoms. The fourth-order valence-electron chi connectivity index (χ4n) is 3.14. The first kappa shape index (κ1) is 18.4. The van der Waals surface area contributed by atoms with Crippen LogP contribution in [0.2, 0.25) is 0 Å².